The van der Waals surface area contributed by atoms with Crippen LogP contribution in [0.2, 0.25) is 0 Å². The van der Waals surface area contributed by atoms with Crippen LogP contribution in [0.3, 0.4) is 0 Å². The first-order valence-electron chi connectivity index (χ1n) is 10.3. The summed E-state index contributed by atoms with van der Waals surface area (Å²) in [7, 11) is 3.08. The lowest BCUT2D eigenvalue weighted by molar-refractivity contribution is -0.135. The van der Waals surface area contributed by atoms with Gasteiger partial charge in [0.25, 0.3) is 5.91 Å². The number of rotatable bonds is 9. The van der Waals surface area contributed by atoms with Crippen LogP contribution in [0.15, 0.2) is 34.8 Å². The first-order valence-corrected chi connectivity index (χ1v) is 10.3. The molecule has 1 unspecified atom stereocenters. The van der Waals surface area contributed by atoms with Crippen LogP contribution >= 0.6 is 0 Å². The number of carboxylic acid groups (broad SMARTS) is 1. The van der Waals surface area contributed by atoms with Gasteiger partial charge in [-0.3, -0.25) is 9.59 Å². The number of amides is 1. The van der Waals surface area contributed by atoms with Crippen LogP contribution in [0.1, 0.15) is 34.6 Å². The van der Waals surface area contributed by atoms with Crippen LogP contribution in [0.4, 0.5) is 0 Å². The van der Waals surface area contributed by atoms with E-state index in [9.17, 15) is 9.59 Å². The van der Waals surface area contributed by atoms with Crippen molar-refractivity contribution in [2.45, 2.75) is 25.4 Å². The summed E-state index contributed by atoms with van der Waals surface area (Å²) in [5.41, 5.74) is 8.85. The third-order valence-corrected chi connectivity index (χ3v) is 5.34. The lowest BCUT2D eigenvalue weighted by Gasteiger charge is -2.22. The van der Waals surface area contributed by atoms with Crippen molar-refractivity contribution in [3.63, 3.8) is 0 Å². The van der Waals surface area contributed by atoms with E-state index in [1.807, 2.05) is 0 Å². The molecular formula is C21H28N6O5. The molecule has 1 amide bonds. The Hall–Kier alpha value is -3.31. The van der Waals surface area contributed by atoms with Crippen molar-refractivity contribution in [3.05, 3.63) is 46.7 Å². The zero-order chi connectivity index (χ0) is 23.3. The summed E-state index contributed by atoms with van der Waals surface area (Å²) < 4.78 is 10.7. The number of aliphatic carboxylic acids is 1. The highest BCUT2D eigenvalue weighted by molar-refractivity contribution is 6.13. The maximum absolute atomic E-state index is 12.9. The summed E-state index contributed by atoms with van der Waals surface area (Å²) in [4.78, 5) is 30.0. The number of carbonyl (C=O) groups is 2. The Morgan fingerprint density at radius 2 is 2.16 bits per heavy atom. The van der Waals surface area contributed by atoms with E-state index in [1.54, 1.807) is 18.1 Å². The smallest absolute Gasteiger partial charge is 0.322 e. The highest BCUT2D eigenvalue weighted by atomic mass is 16.5. The summed E-state index contributed by atoms with van der Waals surface area (Å²) in [6.45, 7) is 5.26. The second kappa shape index (κ2) is 10.3. The third kappa shape index (κ3) is 5.11. The molecule has 1 saturated heterocycles. The minimum absolute atomic E-state index is 0.0257. The predicted octanol–water partition coefficient (Wildman–Crippen LogP) is 0.0774. The Morgan fingerprint density at radius 3 is 2.78 bits per heavy atom. The second-order valence-corrected chi connectivity index (χ2v) is 7.52. The van der Waals surface area contributed by atoms with Gasteiger partial charge in [0, 0.05) is 26.6 Å². The molecule has 0 saturated carbocycles. The molecule has 1 aromatic rings. The van der Waals surface area contributed by atoms with Gasteiger partial charge in [0.05, 0.1) is 24.6 Å². The molecule has 3 rings (SSSR count). The Bertz CT molecular complexity index is 973. The van der Waals surface area contributed by atoms with Gasteiger partial charge in [-0.05, 0) is 36.6 Å². The van der Waals surface area contributed by atoms with Gasteiger partial charge in [-0.1, -0.05) is 6.58 Å². The zero-order valence-corrected chi connectivity index (χ0v) is 18.3. The number of aromatic nitrogens is 2. The zero-order valence-electron chi connectivity index (χ0n) is 18.3. The lowest BCUT2D eigenvalue weighted by atomic mass is 9.97. The molecule has 0 aromatic carbocycles. The van der Waals surface area contributed by atoms with Gasteiger partial charge < -0.3 is 30.5 Å². The number of allylic oxidation sites excluding steroid dienone is 1. The third-order valence-electron chi connectivity index (χ3n) is 5.34. The van der Waals surface area contributed by atoms with E-state index in [0.717, 1.165) is 12.0 Å². The molecule has 0 aliphatic carbocycles. The summed E-state index contributed by atoms with van der Waals surface area (Å²) in [6, 6.07) is 1.70. The Kier molecular flexibility index (Phi) is 7.54. The second-order valence-electron chi connectivity index (χ2n) is 7.52. The van der Waals surface area contributed by atoms with Crippen LogP contribution in [-0.4, -0.2) is 84.3 Å². The van der Waals surface area contributed by atoms with Crippen LogP contribution < -0.4 is 11.1 Å². The number of carboxylic acids is 1. The average Bonchev–Trinajstić information content (AvgIpc) is 3.27. The standard InChI is InChI=1S/C21H28N6O5/c1-12-8-15(23-10-17(28)29)20(32-3)24-18(12)19-13(4-6-22)9-16(25-26-19)21(30)27-7-5-14(11-27)31-2/h9,14,23H,1,4-8,10-11,22H2,2-3H3,(H,28,29). The number of aliphatic imine (C=N–C) groups is 1. The van der Waals surface area contributed by atoms with E-state index in [-0.39, 0.29) is 30.1 Å². The summed E-state index contributed by atoms with van der Waals surface area (Å²) in [5, 5.41) is 20.2. The maximum Gasteiger partial charge on any atom is 0.322 e. The van der Waals surface area contributed by atoms with Crippen molar-refractivity contribution < 1.29 is 24.2 Å². The van der Waals surface area contributed by atoms with Gasteiger partial charge in [0.1, 0.15) is 12.2 Å². The molecule has 0 bridgehead atoms. The number of carbonyl (C=O) groups excluding carboxylic acids is 1. The molecular weight excluding hydrogens is 416 g/mol. The molecule has 1 atom stereocenters. The fourth-order valence-corrected chi connectivity index (χ4v) is 3.68. The number of nitrogens with zero attached hydrogens (tertiary/aromatic N) is 4. The van der Waals surface area contributed by atoms with Gasteiger partial charge in [-0.25, -0.2) is 4.99 Å². The molecule has 11 heteroatoms. The number of hydrogen-bond donors (Lipinski definition) is 3. The van der Waals surface area contributed by atoms with E-state index in [1.165, 1.54) is 7.11 Å². The summed E-state index contributed by atoms with van der Waals surface area (Å²) in [5.74, 6) is -0.958. The van der Waals surface area contributed by atoms with Crippen LogP contribution in [0, 0.1) is 0 Å². The quantitative estimate of drug-likeness (QED) is 0.480. The Morgan fingerprint density at radius 1 is 1.38 bits per heavy atom. The van der Waals surface area contributed by atoms with Gasteiger partial charge in [-0.2, -0.15) is 0 Å². The van der Waals surface area contributed by atoms with Gasteiger partial charge in [-0.15, -0.1) is 10.2 Å². The van der Waals surface area contributed by atoms with Gasteiger partial charge in [0.15, 0.2) is 5.69 Å². The number of ether oxygens (including phenoxy) is 2. The van der Waals surface area contributed by atoms with E-state index in [4.69, 9.17) is 20.3 Å². The molecule has 32 heavy (non-hydrogen) atoms. The van der Waals surface area contributed by atoms with Crippen molar-refractivity contribution >= 4 is 17.6 Å². The average molecular weight is 444 g/mol. The molecule has 3 heterocycles. The molecule has 172 valence electrons. The van der Waals surface area contributed by atoms with Crippen LogP contribution in [-0.2, 0) is 20.7 Å². The van der Waals surface area contributed by atoms with Crippen molar-refractivity contribution in [3.8, 4) is 0 Å². The van der Waals surface area contributed by atoms with Crippen LogP contribution in [0.25, 0.3) is 0 Å². The fourth-order valence-electron chi connectivity index (χ4n) is 3.68. The minimum atomic E-state index is -1.00. The van der Waals surface area contributed by atoms with Crippen molar-refractivity contribution in [1.82, 2.24) is 20.4 Å². The Balaban J connectivity index is 1.92. The van der Waals surface area contributed by atoms with E-state index < -0.39 is 5.97 Å². The number of hydrogen-bond acceptors (Lipinski definition) is 9. The highest BCUT2D eigenvalue weighted by Gasteiger charge is 2.29. The van der Waals surface area contributed by atoms with E-state index >= 15 is 0 Å². The van der Waals surface area contributed by atoms with Gasteiger partial charge in [0.2, 0.25) is 5.88 Å². The first-order chi connectivity index (χ1) is 15.4. The molecule has 2 aliphatic heterocycles. The number of nitrogens with one attached hydrogen (secondary N) is 1. The molecule has 4 N–H and O–H groups in total. The largest absolute Gasteiger partial charge is 0.480 e. The topological polar surface area (TPSA) is 152 Å². The first kappa shape index (κ1) is 23.4. The number of nitrogens with two attached hydrogens (primary N) is 1. The van der Waals surface area contributed by atoms with Crippen molar-refractivity contribution in [2.24, 2.45) is 10.7 Å². The van der Waals surface area contributed by atoms with E-state index in [2.05, 4.69) is 27.1 Å². The molecule has 1 fully saturated rings. The van der Waals surface area contributed by atoms with Crippen molar-refractivity contribution in [1.29, 1.82) is 0 Å². The summed E-state index contributed by atoms with van der Waals surface area (Å²) >= 11 is 0. The van der Waals surface area contributed by atoms with Gasteiger partial charge >= 0.3 is 5.97 Å². The molecule has 0 radical (unpaired) electrons. The normalized spacial score (nSPS) is 18.6. The predicted molar refractivity (Wildman–Crippen MR) is 116 cm³/mol. The number of likely N-dealkylation sites (tertiary alicyclic amines) is 1. The number of methoxy groups -OCH3 is 2. The Labute approximate surface area is 186 Å². The van der Waals surface area contributed by atoms with Crippen LogP contribution in [0.5, 0.6) is 0 Å². The SMILES string of the molecule is C=C1CC(NCC(=O)O)=C(OC)N=C1c1nnc(C(=O)N2CCC(OC)C2)cc1CCN. The highest BCUT2D eigenvalue weighted by Crippen LogP contribution is 2.26. The van der Waals surface area contributed by atoms with E-state index in [0.29, 0.717) is 55.2 Å². The fraction of sp³-hybridized carbons (Fsp3) is 0.476. The summed E-state index contributed by atoms with van der Waals surface area (Å²) in [6.07, 6.45) is 1.59. The monoisotopic (exact) mass is 444 g/mol. The van der Waals surface area contributed by atoms with Crippen molar-refractivity contribution in [2.75, 3.05) is 40.4 Å². The maximum atomic E-state index is 12.9. The molecule has 1 aromatic heterocycles. The molecule has 0 spiro atoms. The lowest BCUT2D eigenvalue weighted by Crippen LogP contribution is -2.31. The molecule has 11 nitrogen and oxygen atoms in total. The molecule has 2 aliphatic rings. The minimum Gasteiger partial charge on any atom is -0.480 e.